The summed E-state index contributed by atoms with van der Waals surface area (Å²) in [6.07, 6.45) is 3.42. The Balaban J connectivity index is 1.35. The SMILES string of the molecule is O=C(/C=C/c1ccccc1)NCCN1CCN(c2ccc(Cl)cc2)CC1. The largest absolute Gasteiger partial charge is 0.369 e. The molecule has 5 heteroatoms. The lowest BCUT2D eigenvalue weighted by Crippen LogP contribution is -2.48. The van der Waals surface area contributed by atoms with Gasteiger partial charge in [0.25, 0.3) is 0 Å². The third-order valence-electron chi connectivity index (χ3n) is 4.52. The van der Waals surface area contributed by atoms with Crippen molar-refractivity contribution in [1.82, 2.24) is 10.2 Å². The lowest BCUT2D eigenvalue weighted by Gasteiger charge is -2.36. The fraction of sp³-hybridized carbons (Fsp3) is 0.286. The highest BCUT2D eigenvalue weighted by atomic mass is 35.5. The van der Waals surface area contributed by atoms with Crippen LogP contribution in [-0.2, 0) is 4.79 Å². The van der Waals surface area contributed by atoms with Gasteiger partial charge < -0.3 is 10.2 Å². The van der Waals surface area contributed by atoms with Crippen LogP contribution >= 0.6 is 11.6 Å². The molecule has 136 valence electrons. The first-order valence-electron chi connectivity index (χ1n) is 8.94. The summed E-state index contributed by atoms with van der Waals surface area (Å²) < 4.78 is 0. The number of benzene rings is 2. The van der Waals surface area contributed by atoms with E-state index in [0.717, 1.165) is 43.3 Å². The standard InChI is InChI=1S/C21H24ClN3O/c22-19-7-9-20(10-8-19)25-16-14-24(15-17-25)13-12-23-21(26)11-6-18-4-2-1-3-5-18/h1-11H,12-17H2,(H,23,26)/b11-6+. The molecule has 1 fully saturated rings. The molecule has 0 unspecified atom stereocenters. The van der Waals surface area contributed by atoms with Crippen LogP contribution in [0.4, 0.5) is 5.69 Å². The van der Waals surface area contributed by atoms with E-state index in [1.807, 2.05) is 48.5 Å². The highest BCUT2D eigenvalue weighted by molar-refractivity contribution is 6.30. The second-order valence-corrected chi connectivity index (χ2v) is 6.78. The number of hydrogen-bond donors (Lipinski definition) is 1. The second-order valence-electron chi connectivity index (χ2n) is 6.34. The Morgan fingerprint density at radius 2 is 1.69 bits per heavy atom. The number of rotatable bonds is 6. The first-order chi connectivity index (χ1) is 12.7. The van der Waals surface area contributed by atoms with Gasteiger partial charge in [-0.05, 0) is 35.9 Å². The molecule has 1 N–H and O–H groups in total. The molecule has 4 nitrogen and oxygen atoms in total. The monoisotopic (exact) mass is 369 g/mol. The number of carbonyl (C=O) groups is 1. The van der Waals surface area contributed by atoms with Crippen LogP contribution in [0.2, 0.25) is 5.02 Å². The van der Waals surface area contributed by atoms with Crippen LogP contribution in [0.25, 0.3) is 6.08 Å². The van der Waals surface area contributed by atoms with Gasteiger partial charge in [0, 0.05) is 56.1 Å². The lowest BCUT2D eigenvalue weighted by molar-refractivity contribution is -0.116. The molecule has 1 aliphatic heterocycles. The van der Waals surface area contributed by atoms with Crippen LogP contribution < -0.4 is 10.2 Å². The Bertz CT molecular complexity index is 723. The summed E-state index contributed by atoms with van der Waals surface area (Å²) in [5.41, 5.74) is 2.24. The van der Waals surface area contributed by atoms with Gasteiger partial charge in [0.15, 0.2) is 0 Å². The van der Waals surface area contributed by atoms with Crippen LogP contribution in [0.1, 0.15) is 5.56 Å². The van der Waals surface area contributed by atoms with E-state index in [4.69, 9.17) is 11.6 Å². The molecule has 0 saturated carbocycles. The van der Waals surface area contributed by atoms with Crippen molar-refractivity contribution in [1.29, 1.82) is 0 Å². The maximum Gasteiger partial charge on any atom is 0.244 e. The molecule has 26 heavy (non-hydrogen) atoms. The highest BCUT2D eigenvalue weighted by Gasteiger charge is 2.16. The topological polar surface area (TPSA) is 35.6 Å². The lowest BCUT2D eigenvalue weighted by atomic mass is 10.2. The first kappa shape index (κ1) is 18.5. The molecular weight excluding hydrogens is 346 g/mol. The van der Waals surface area contributed by atoms with E-state index in [-0.39, 0.29) is 5.91 Å². The number of nitrogens with one attached hydrogen (secondary N) is 1. The van der Waals surface area contributed by atoms with Crippen molar-refractivity contribution in [2.75, 3.05) is 44.2 Å². The van der Waals surface area contributed by atoms with Crippen LogP contribution in [0, 0.1) is 0 Å². The predicted octanol–water partition coefficient (Wildman–Crippen LogP) is 3.29. The Morgan fingerprint density at radius 1 is 1.00 bits per heavy atom. The zero-order valence-corrected chi connectivity index (χ0v) is 15.5. The summed E-state index contributed by atoms with van der Waals surface area (Å²) in [5.74, 6) is -0.0475. The van der Waals surface area contributed by atoms with Gasteiger partial charge in [-0.3, -0.25) is 9.69 Å². The Hall–Kier alpha value is -2.30. The summed E-state index contributed by atoms with van der Waals surface area (Å²) in [6, 6.07) is 17.8. The van der Waals surface area contributed by atoms with Crippen molar-refractivity contribution in [2.45, 2.75) is 0 Å². The molecule has 0 radical (unpaired) electrons. The van der Waals surface area contributed by atoms with Gasteiger partial charge in [-0.15, -0.1) is 0 Å². The molecule has 0 bridgehead atoms. The van der Waals surface area contributed by atoms with Crippen LogP contribution in [0.5, 0.6) is 0 Å². The zero-order chi connectivity index (χ0) is 18.2. The minimum absolute atomic E-state index is 0.0475. The minimum Gasteiger partial charge on any atom is -0.369 e. The third-order valence-corrected chi connectivity index (χ3v) is 4.77. The quantitative estimate of drug-likeness (QED) is 0.794. The van der Waals surface area contributed by atoms with Crippen molar-refractivity contribution >= 4 is 29.3 Å². The first-order valence-corrected chi connectivity index (χ1v) is 9.32. The summed E-state index contributed by atoms with van der Waals surface area (Å²) in [5, 5.41) is 3.72. The van der Waals surface area contributed by atoms with Crippen LogP contribution in [0.3, 0.4) is 0 Å². The summed E-state index contributed by atoms with van der Waals surface area (Å²) in [4.78, 5) is 16.6. The highest BCUT2D eigenvalue weighted by Crippen LogP contribution is 2.19. The molecule has 2 aromatic carbocycles. The summed E-state index contributed by atoms with van der Waals surface area (Å²) in [6.45, 7) is 5.52. The Labute approximate surface area is 160 Å². The van der Waals surface area contributed by atoms with Crippen molar-refractivity contribution < 1.29 is 4.79 Å². The number of halogens is 1. The van der Waals surface area contributed by atoms with Crippen LogP contribution in [-0.4, -0.2) is 50.1 Å². The molecule has 0 atom stereocenters. The van der Waals surface area contributed by atoms with E-state index < -0.39 is 0 Å². The Morgan fingerprint density at radius 3 is 2.38 bits per heavy atom. The maximum absolute atomic E-state index is 11.9. The molecule has 3 rings (SSSR count). The average Bonchev–Trinajstić information content (AvgIpc) is 2.68. The molecule has 2 aromatic rings. The zero-order valence-electron chi connectivity index (χ0n) is 14.8. The molecule has 1 heterocycles. The molecule has 0 spiro atoms. The minimum atomic E-state index is -0.0475. The molecule has 0 aromatic heterocycles. The van der Waals surface area contributed by atoms with Gasteiger partial charge >= 0.3 is 0 Å². The fourth-order valence-electron chi connectivity index (χ4n) is 3.01. The van der Waals surface area contributed by atoms with Crippen LogP contribution in [0.15, 0.2) is 60.7 Å². The molecule has 1 saturated heterocycles. The van der Waals surface area contributed by atoms with Gasteiger partial charge in [0.1, 0.15) is 0 Å². The second kappa shape index (κ2) is 9.41. The molecule has 0 aliphatic carbocycles. The fourth-order valence-corrected chi connectivity index (χ4v) is 3.14. The maximum atomic E-state index is 11.9. The number of carbonyl (C=O) groups excluding carboxylic acids is 1. The number of amides is 1. The average molecular weight is 370 g/mol. The predicted molar refractivity (Wildman–Crippen MR) is 109 cm³/mol. The number of anilines is 1. The van der Waals surface area contributed by atoms with E-state index in [2.05, 4.69) is 27.2 Å². The van der Waals surface area contributed by atoms with Crippen molar-refractivity contribution in [3.63, 3.8) is 0 Å². The van der Waals surface area contributed by atoms with Gasteiger partial charge in [0.05, 0.1) is 0 Å². The van der Waals surface area contributed by atoms with E-state index in [9.17, 15) is 4.79 Å². The van der Waals surface area contributed by atoms with Gasteiger partial charge in [-0.2, -0.15) is 0 Å². The van der Waals surface area contributed by atoms with Gasteiger partial charge in [0.2, 0.25) is 5.91 Å². The normalized spacial score (nSPS) is 15.3. The van der Waals surface area contributed by atoms with E-state index in [0.29, 0.717) is 6.54 Å². The van der Waals surface area contributed by atoms with Gasteiger partial charge in [-0.1, -0.05) is 41.9 Å². The number of nitrogens with zero attached hydrogens (tertiary/aromatic N) is 2. The van der Waals surface area contributed by atoms with E-state index in [1.165, 1.54) is 5.69 Å². The van der Waals surface area contributed by atoms with Crippen molar-refractivity contribution in [2.24, 2.45) is 0 Å². The molecule has 1 aliphatic rings. The number of hydrogen-bond acceptors (Lipinski definition) is 3. The Kier molecular flexibility index (Phi) is 6.69. The van der Waals surface area contributed by atoms with E-state index >= 15 is 0 Å². The van der Waals surface area contributed by atoms with Gasteiger partial charge in [-0.25, -0.2) is 0 Å². The summed E-state index contributed by atoms with van der Waals surface area (Å²) >= 11 is 5.95. The summed E-state index contributed by atoms with van der Waals surface area (Å²) in [7, 11) is 0. The third kappa shape index (κ3) is 5.61. The van der Waals surface area contributed by atoms with E-state index in [1.54, 1.807) is 6.08 Å². The van der Waals surface area contributed by atoms with Crippen molar-refractivity contribution in [3.8, 4) is 0 Å². The number of piperazine rings is 1. The van der Waals surface area contributed by atoms with Crippen molar-refractivity contribution in [3.05, 3.63) is 71.3 Å². The molecular formula is C21H24ClN3O. The smallest absolute Gasteiger partial charge is 0.244 e. The molecule has 1 amide bonds.